The molecule has 0 spiro atoms. The quantitative estimate of drug-likeness (QED) is 0.454. The number of benzene rings is 2. The molecule has 0 radical (unpaired) electrons. The molecular formula is C21H20N2O5. The summed E-state index contributed by atoms with van der Waals surface area (Å²) in [6, 6.07) is -0.615. The average molecular weight is 389 g/mol. The van der Waals surface area contributed by atoms with Crippen LogP contribution in [0, 0.1) is 0 Å². The Morgan fingerprint density at radius 1 is 1.25 bits per heavy atom. The molecule has 144 valence electrons. The maximum atomic E-state index is 13.0. The fourth-order valence-electron chi connectivity index (χ4n) is 2.68. The van der Waals surface area contributed by atoms with Crippen LogP contribution in [0.5, 0.6) is 5.75 Å². The van der Waals surface area contributed by atoms with Crippen LogP contribution in [-0.2, 0) is 22.5 Å². The number of carboxylic acids is 1. The molecule has 1 aromatic heterocycles. The van der Waals surface area contributed by atoms with Gasteiger partial charge in [0.25, 0.3) is 11.7 Å². The highest BCUT2D eigenvalue weighted by atomic mass is 16.5. The standard InChI is InChI=1S/C21H20N2O5/c1-2-14-19(20(26)21(22)27)18-15(9-6-10-16(18)28-12-17(24)25)23(14)11-13-7-4-3-5-8-13/h3-10H,2,11-12H2,1H3,(H2,22,27)(H,24,25)/i2D2,3D,4D,5D,7D,8D,11D2. The van der Waals surface area contributed by atoms with E-state index >= 15 is 0 Å². The normalized spacial score (nSPS) is 16.4. The topological polar surface area (TPSA) is 112 Å². The van der Waals surface area contributed by atoms with Crippen molar-refractivity contribution < 1.29 is 36.6 Å². The first kappa shape index (κ1) is 10.7. The van der Waals surface area contributed by atoms with E-state index in [4.69, 9.17) is 27.9 Å². The smallest absolute Gasteiger partial charge is 0.341 e. The van der Waals surface area contributed by atoms with Crippen LogP contribution in [-0.4, -0.2) is 33.9 Å². The maximum absolute atomic E-state index is 13.0. The van der Waals surface area contributed by atoms with E-state index in [9.17, 15) is 14.4 Å². The molecule has 3 rings (SSSR count). The summed E-state index contributed by atoms with van der Waals surface area (Å²) in [5, 5.41) is 8.69. The Labute approximate surface area is 174 Å². The van der Waals surface area contributed by atoms with Crippen molar-refractivity contribution in [3.05, 3.63) is 65.2 Å². The lowest BCUT2D eigenvalue weighted by atomic mass is 10.0. The molecule has 0 aliphatic carbocycles. The van der Waals surface area contributed by atoms with E-state index in [-0.39, 0.29) is 16.7 Å². The first-order chi connectivity index (χ1) is 16.9. The largest absolute Gasteiger partial charge is 0.481 e. The maximum Gasteiger partial charge on any atom is 0.341 e. The van der Waals surface area contributed by atoms with Gasteiger partial charge in [-0.15, -0.1) is 0 Å². The van der Waals surface area contributed by atoms with E-state index in [0.717, 1.165) is 6.92 Å². The number of hydrogen-bond acceptors (Lipinski definition) is 4. The van der Waals surface area contributed by atoms with Gasteiger partial charge in [-0.05, 0) is 24.1 Å². The SMILES string of the molecule is [2H]c1c([2H])c([2H])c(C([2H])([2H])n2c(C([2H])([2H])C)c(C(=O)C(N)=O)c3c(OCC(=O)O)cccc32)c([2H])c1[2H]. The summed E-state index contributed by atoms with van der Waals surface area (Å²) in [6.45, 7) is -3.06. The predicted octanol–water partition coefficient (Wildman–Crippen LogP) is 2.38. The Balaban J connectivity index is 2.62. The number of fused-ring (bicyclic) bond motifs is 1. The minimum absolute atomic E-state index is 0.287. The second-order valence-electron chi connectivity index (χ2n) is 5.45. The predicted molar refractivity (Wildman–Crippen MR) is 104 cm³/mol. The Morgan fingerprint density at radius 2 is 1.96 bits per heavy atom. The summed E-state index contributed by atoms with van der Waals surface area (Å²) in [7, 11) is 0. The molecule has 3 N–H and O–H groups in total. The number of aliphatic carboxylic acids is 1. The van der Waals surface area contributed by atoms with Gasteiger partial charge < -0.3 is 20.1 Å². The second-order valence-corrected chi connectivity index (χ2v) is 5.45. The second kappa shape index (κ2) is 7.96. The fourth-order valence-corrected chi connectivity index (χ4v) is 2.68. The van der Waals surface area contributed by atoms with Crippen molar-refractivity contribution >= 4 is 28.6 Å². The summed E-state index contributed by atoms with van der Waals surface area (Å²) in [6.07, 6.45) is -2.58. The molecule has 0 aliphatic heterocycles. The number of Topliss-reactive ketones (excluding diaryl/α,β-unsaturated/α-hetero) is 1. The molecule has 0 aliphatic rings. The van der Waals surface area contributed by atoms with Crippen LogP contribution in [0.1, 0.15) is 40.9 Å². The molecule has 2 aromatic carbocycles. The van der Waals surface area contributed by atoms with Crippen molar-refractivity contribution in [3.8, 4) is 5.75 Å². The number of rotatable bonds is 8. The van der Waals surface area contributed by atoms with Crippen LogP contribution in [0.2, 0.25) is 0 Å². The number of nitrogens with two attached hydrogens (primary N) is 1. The zero-order valence-electron chi connectivity index (χ0n) is 23.5. The molecule has 0 saturated heterocycles. The first-order valence-corrected chi connectivity index (χ1v) is 7.89. The number of aromatic nitrogens is 1. The van der Waals surface area contributed by atoms with E-state index < -0.39 is 84.2 Å². The number of primary amides is 1. The number of ether oxygens (including phenoxy) is 1. The van der Waals surface area contributed by atoms with Gasteiger partial charge in [-0.25, -0.2) is 4.79 Å². The molecule has 0 saturated carbocycles. The van der Waals surface area contributed by atoms with Gasteiger partial charge in [0.1, 0.15) is 5.75 Å². The van der Waals surface area contributed by atoms with Crippen LogP contribution in [0.15, 0.2) is 48.4 Å². The van der Waals surface area contributed by atoms with Gasteiger partial charge in [0.15, 0.2) is 6.61 Å². The van der Waals surface area contributed by atoms with E-state index in [1.165, 1.54) is 18.2 Å². The van der Waals surface area contributed by atoms with Crippen LogP contribution < -0.4 is 10.5 Å². The highest BCUT2D eigenvalue weighted by Crippen LogP contribution is 2.35. The summed E-state index contributed by atoms with van der Waals surface area (Å²) in [5.74, 6) is -4.68. The molecule has 1 heterocycles. The lowest BCUT2D eigenvalue weighted by molar-refractivity contribution is -0.139. The minimum Gasteiger partial charge on any atom is -0.481 e. The van der Waals surface area contributed by atoms with Crippen LogP contribution in [0.4, 0.5) is 0 Å². The zero-order valence-corrected chi connectivity index (χ0v) is 14.5. The fraction of sp³-hybridized carbons (Fsp3) is 0.190. The first-order valence-electron chi connectivity index (χ1n) is 12.4. The average Bonchev–Trinajstić information content (AvgIpc) is 3.16. The molecule has 1 amide bonds. The Bertz CT molecular complexity index is 1450. The van der Waals surface area contributed by atoms with Crippen molar-refractivity contribution in [3.63, 3.8) is 0 Å². The summed E-state index contributed by atoms with van der Waals surface area (Å²) < 4.78 is 80.5. The van der Waals surface area contributed by atoms with Crippen molar-refractivity contribution in [2.45, 2.75) is 19.8 Å². The molecule has 0 fully saturated rings. The third-order valence-corrected chi connectivity index (χ3v) is 3.72. The van der Waals surface area contributed by atoms with Crippen molar-refractivity contribution in [1.82, 2.24) is 4.57 Å². The van der Waals surface area contributed by atoms with Crippen molar-refractivity contribution in [2.75, 3.05) is 6.61 Å². The van der Waals surface area contributed by atoms with Gasteiger partial charge in [0.05, 0.1) is 26.1 Å². The number of carbonyl (C=O) groups is 3. The number of carboxylic acid groups (broad SMARTS) is 1. The molecule has 7 heteroatoms. The van der Waals surface area contributed by atoms with E-state index in [1.54, 1.807) is 0 Å². The Hall–Kier alpha value is -3.61. The highest BCUT2D eigenvalue weighted by Gasteiger charge is 2.27. The van der Waals surface area contributed by atoms with Crippen LogP contribution in [0.25, 0.3) is 10.9 Å². The number of hydrogen-bond donors (Lipinski definition) is 2. The monoisotopic (exact) mass is 389 g/mol. The van der Waals surface area contributed by atoms with Gasteiger partial charge in [-0.2, -0.15) is 0 Å². The molecule has 0 unspecified atom stereocenters. The zero-order chi connectivity index (χ0) is 28.2. The number of amides is 1. The third kappa shape index (κ3) is 3.59. The minimum atomic E-state index is -3.11. The molecule has 3 aromatic rings. The van der Waals surface area contributed by atoms with Gasteiger partial charge >= 0.3 is 5.97 Å². The van der Waals surface area contributed by atoms with Crippen LogP contribution in [0.3, 0.4) is 0 Å². The Kier molecular flexibility index (Phi) is 3.03. The van der Waals surface area contributed by atoms with Gasteiger partial charge in [0, 0.05) is 14.9 Å². The van der Waals surface area contributed by atoms with Crippen molar-refractivity contribution in [1.29, 1.82) is 0 Å². The number of nitrogens with zero attached hydrogens (tertiary/aromatic N) is 1. The lowest BCUT2D eigenvalue weighted by Gasteiger charge is -2.11. The number of ketones is 1. The van der Waals surface area contributed by atoms with Crippen LogP contribution >= 0.6 is 0 Å². The lowest BCUT2D eigenvalue weighted by Crippen LogP contribution is -2.24. The summed E-state index contributed by atoms with van der Waals surface area (Å²) in [5.41, 5.74) is 2.59. The number of carbonyl (C=O) groups excluding carboxylic acids is 2. The van der Waals surface area contributed by atoms with E-state index in [0.29, 0.717) is 4.57 Å². The molecule has 7 nitrogen and oxygen atoms in total. The van der Waals surface area contributed by atoms with Gasteiger partial charge in [-0.1, -0.05) is 43.2 Å². The molecule has 0 atom stereocenters. The van der Waals surface area contributed by atoms with E-state index in [1.807, 2.05) is 0 Å². The van der Waals surface area contributed by atoms with Crippen molar-refractivity contribution in [2.24, 2.45) is 5.73 Å². The summed E-state index contributed by atoms with van der Waals surface area (Å²) >= 11 is 0. The molecule has 0 bridgehead atoms. The van der Waals surface area contributed by atoms with Gasteiger partial charge in [0.2, 0.25) is 0 Å². The van der Waals surface area contributed by atoms with Gasteiger partial charge in [-0.3, -0.25) is 9.59 Å². The molecular weight excluding hydrogens is 360 g/mol. The molecule has 28 heavy (non-hydrogen) atoms. The third-order valence-electron chi connectivity index (χ3n) is 3.72. The van der Waals surface area contributed by atoms with E-state index in [2.05, 4.69) is 0 Å². The summed E-state index contributed by atoms with van der Waals surface area (Å²) in [4.78, 5) is 36.0. The highest BCUT2D eigenvalue weighted by molar-refractivity contribution is 6.45. The Morgan fingerprint density at radius 3 is 2.57 bits per heavy atom.